The normalized spacial score (nSPS) is 15.8. The van der Waals surface area contributed by atoms with Gasteiger partial charge in [-0.25, -0.2) is 0 Å². The lowest BCUT2D eigenvalue weighted by Crippen LogP contribution is -2.04. The Labute approximate surface area is 124 Å². The third-order valence-electron chi connectivity index (χ3n) is 3.92. The Morgan fingerprint density at radius 1 is 1.10 bits per heavy atom. The summed E-state index contributed by atoms with van der Waals surface area (Å²) in [6.07, 6.45) is 5.11. The molecule has 0 aromatic heterocycles. The lowest BCUT2D eigenvalue weighted by atomic mass is 10.1. The lowest BCUT2D eigenvalue weighted by molar-refractivity contribution is 0.310. The molecule has 1 heterocycles. The number of fused-ring (bicyclic) bond motifs is 1. The number of hydrogen-bond donors (Lipinski definition) is 0. The molecular weight excluding hydrogens is 264 g/mol. The quantitative estimate of drug-likeness (QED) is 0.567. The molecular formula is C18H23OS+. The molecule has 0 amide bonds. The lowest BCUT2D eigenvalue weighted by Gasteiger charge is -2.08. The van der Waals surface area contributed by atoms with Crippen LogP contribution in [0.15, 0.2) is 41.3 Å². The smallest absolute Gasteiger partial charge is 0.162 e. The zero-order chi connectivity index (χ0) is 13.8. The van der Waals surface area contributed by atoms with Gasteiger partial charge in [0.05, 0.1) is 6.61 Å². The Bertz CT molecular complexity index is 573. The maximum absolute atomic E-state index is 5.82. The Kier molecular flexibility index (Phi) is 4.51. The van der Waals surface area contributed by atoms with Crippen molar-refractivity contribution in [2.24, 2.45) is 0 Å². The van der Waals surface area contributed by atoms with Crippen molar-refractivity contribution in [3.8, 4) is 5.75 Å². The van der Waals surface area contributed by atoms with E-state index in [1.807, 2.05) is 0 Å². The molecule has 0 radical (unpaired) electrons. The van der Waals surface area contributed by atoms with Crippen molar-refractivity contribution in [2.45, 2.75) is 37.5 Å². The molecule has 1 fully saturated rings. The van der Waals surface area contributed by atoms with Crippen LogP contribution in [-0.2, 0) is 10.9 Å². The van der Waals surface area contributed by atoms with Gasteiger partial charge >= 0.3 is 0 Å². The molecule has 0 bridgehead atoms. The molecule has 3 rings (SSSR count). The maximum atomic E-state index is 5.82. The summed E-state index contributed by atoms with van der Waals surface area (Å²) in [4.78, 5) is 1.57. The molecule has 0 saturated carbocycles. The fraction of sp³-hybridized carbons (Fsp3) is 0.444. The molecule has 1 saturated heterocycles. The van der Waals surface area contributed by atoms with E-state index in [1.165, 1.54) is 41.5 Å². The van der Waals surface area contributed by atoms with Crippen molar-refractivity contribution in [3.05, 3.63) is 36.4 Å². The minimum atomic E-state index is 0.481. The van der Waals surface area contributed by atoms with Crippen molar-refractivity contribution in [1.29, 1.82) is 0 Å². The van der Waals surface area contributed by atoms with Gasteiger partial charge in [-0.05, 0) is 48.9 Å². The Morgan fingerprint density at radius 2 is 1.95 bits per heavy atom. The van der Waals surface area contributed by atoms with Crippen molar-refractivity contribution < 1.29 is 4.74 Å². The SMILES string of the molecule is CCCCOc1ccc2c([S+]3CCCC3)cccc2c1. The second-order valence-corrected chi connectivity index (χ2v) is 7.69. The summed E-state index contributed by atoms with van der Waals surface area (Å²) in [6, 6.07) is 13.4. The number of unbranched alkanes of at least 4 members (excludes halogenated alkanes) is 1. The number of hydrogen-bond acceptors (Lipinski definition) is 1. The van der Waals surface area contributed by atoms with E-state index in [0.29, 0.717) is 10.9 Å². The number of rotatable bonds is 5. The molecule has 1 nitrogen and oxygen atoms in total. The summed E-state index contributed by atoms with van der Waals surface area (Å²) in [5, 5.41) is 2.76. The Balaban J connectivity index is 1.87. The fourth-order valence-electron chi connectivity index (χ4n) is 2.78. The van der Waals surface area contributed by atoms with Gasteiger partial charge in [-0.2, -0.15) is 0 Å². The highest BCUT2D eigenvalue weighted by Gasteiger charge is 2.28. The average Bonchev–Trinajstić information content (AvgIpc) is 3.01. The fourth-order valence-corrected chi connectivity index (χ4v) is 5.30. The van der Waals surface area contributed by atoms with Crippen LogP contribution in [0.3, 0.4) is 0 Å². The molecule has 0 aliphatic carbocycles. The highest BCUT2D eigenvalue weighted by Crippen LogP contribution is 2.31. The molecule has 20 heavy (non-hydrogen) atoms. The van der Waals surface area contributed by atoms with E-state index in [1.54, 1.807) is 4.90 Å². The topological polar surface area (TPSA) is 9.23 Å². The van der Waals surface area contributed by atoms with Gasteiger partial charge in [0.2, 0.25) is 0 Å². The predicted molar refractivity (Wildman–Crippen MR) is 89.0 cm³/mol. The predicted octanol–water partition coefficient (Wildman–Crippen LogP) is 4.79. The molecule has 1 aliphatic heterocycles. The minimum absolute atomic E-state index is 0.481. The molecule has 2 heteroatoms. The minimum Gasteiger partial charge on any atom is -0.494 e. The first-order valence-electron chi connectivity index (χ1n) is 7.71. The molecule has 2 aromatic carbocycles. The van der Waals surface area contributed by atoms with Crippen LogP contribution in [0.5, 0.6) is 5.75 Å². The Morgan fingerprint density at radius 3 is 2.75 bits per heavy atom. The van der Waals surface area contributed by atoms with Crippen LogP contribution in [0.2, 0.25) is 0 Å². The first-order chi connectivity index (χ1) is 9.88. The van der Waals surface area contributed by atoms with Crippen LogP contribution in [0.25, 0.3) is 10.8 Å². The van der Waals surface area contributed by atoms with Crippen LogP contribution in [0, 0.1) is 0 Å². The van der Waals surface area contributed by atoms with E-state index in [0.717, 1.165) is 18.8 Å². The van der Waals surface area contributed by atoms with E-state index in [4.69, 9.17) is 4.74 Å². The summed E-state index contributed by atoms with van der Waals surface area (Å²) in [5.74, 6) is 3.78. The number of ether oxygens (including phenoxy) is 1. The van der Waals surface area contributed by atoms with E-state index < -0.39 is 0 Å². The van der Waals surface area contributed by atoms with Gasteiger partial charge in [0.15, 0.2) is 4.90 Å². The zero-order valence-electron chi connectivity index (χ0n) is 12.2. The van der Waals surface area contributed by atoms with Crippen molar-refractivity contribution in [2.75, 3.05) is 18.1 Å². The monoisotopic (exact) mass is 287 g/mol. The van der Waals surface area contributed by atoms with Gasteiger partial charge in [-0.1, -0.05) is 25.5 Å². The first-order valence-corrected chi connectivity index (χ1v) is 9.28. The van der Waals surface area contributed by atoms with Gasteiger partial charge in [0.25, 0.3) is 0 Å². The van der Waals surface area contributed by atoms with Gasteiger partial charge in [0, 0.05) is 16.3 Å². The third kappa shape index (κ3) is 2.95. The zero-order valence-corrected chi connectivity index (χ0v) is 13.0. The van der Waals surface area contributed by atoms with Gasteiger partial charge in [0.1, 0.15) is 17.3 Å². The van der Waals surface area contributed by atoms with E-state index in [2.05, 4.69) is 43.3 Å². The largest absolute Gasteiger partial charge is 0.494 e. The summed E-state index contributed by atoms with van der Waals surface area (Å²) in [5.41, 5.74) is 0. The number of benzene rings is 2. The van der Waals surface area contributed by atoms with Crippen LogP contribution < -0.4 is 4.74 Å². The molecule has 0 atom stereocenters. The molecule has 1 aliphatic rings. The highest BCUT2D eigenvalue weighted by atomic mass is 32.2. The van der Waals surface area contributed by atoms with Crippen molar-refractivity contribution in [3.63, 3.8) is 0 Å². The standard InChI is InChI=1S/C18H23OS/c1-2-3-11-19-16-9-10-17-15(14-16)7-6-8-18(17)20-12-4-5-13-20/h6-10,14H,2-5,11-13H2,1H3/q+1. The molecule has 0 N–H and O–H groups in total. The summed E-state index contributed by atoms with van der Waals surface area (Å²) < 4.78 is 5.82. The summed E-state index contributed by atoms with van der Waals surface area (Å²) >= 11 is 0. The third-order valence-corrected chi connectivity index (χ3v) is 6.46. The van der Waals surface area contributed by atoms with Crippen molar-refractivity contribution >= 4 is 21.7 Å². The second kappa shape index (κ2) is 6.53. The summed E-state index contributed by atoms with van der Waals surface area (Å²) in [6.45, 7) is 3.02. The van der Waals surface area contributed by atoms with Crippen LogP contribution in [-0.4, -0.2) is 18.1 Å². The van der Waals surface area contributed by atoms with E-state index >= 15 is 0 Å². The molecule has 0 unspecified atom stereocenters. The van der Waals surface area contributed by atoms with Gasteiger partial charge in [-0.3, -0.25) is 0 Å². The highest BCUT2D eigenvalue weighted by molar-refractivity contribution is 7.97. The van der Waals surface area contributed by atoms with Gasteiger partial charge in [-0.15, -0.1) is 0 Å². The first kappa shape index (κ1) is 13.8. The average molecular weight is 287 g/mol. The summed E-state index contributed by atoms with van der Waals surface area (Å²) in [7, 11) is 0.481. The van der Waals surface area contributed by atoms with Crippen molar-refractivity contribution in [1.82, 2.24) is 0 Å². The van der Waals surface area contributed by atoms with E-state index in [-0.39, 0.29) is 0 Å². The van der Waals surface area contributed by atoms with Crippen LogP contribution >= 0.6 is 0 Å². The van der Waals surface area contributed by atoms with Gasteiger partial charge < -0.3 is 4.74 Å². The molecule has 2 aromatic rings. The maximum Gasteiger partial charge on any atom is 0.162 e. The van der Waals surface area contributed by atoms with Crippen LogP contribution in [0.1, 0.15) is 32.6 Å². The van der Waals surface area contributed by atoms with Crippen LogP contribution in [0.4, 0.5) is 0 Å². The molecule has 106 valence electrons. The van der Waals surface area contributed by atoms with E-state index in [9.17, 15) is 0 Å². The second-order valence-electron chi connectivity index (χ2n) is 5.45. The molecule has 0 spiro atoms. The Hall–Kier alpha value is -1.15.